The molecule has 1 aliphatic rings. The highest BCUT2D eigenvalue weighted by Gasteiger charge is 2.28. The number of anilines is 3. The Balaban J connectivity index is 2.21. The molecule has 1 aliphatic heterocycles. The zero-order valence-corrected chi connectivity index (χ0v) is 13.4. The number of carbonyl (C=O) groups excluding carboxylic acids is 1. The normalized spacial score (nSPS) is 13.7. The highest BCUT2D eigenvalue weighted by atomic mass is 35.5. The zero-order valence-electron chi connectivity index (χ0n) is 12.6. The van der Waals surface area contributed by atoms with Crippen LogP contribution in [0.25, 0.3) is 0 Å². The Kier molecular flexibility index (Phi) is 4.05. The number of carbonyl (C=O) groups is 1. The third-order valence-corrected chi connectivity index (χ3v) is 4.15. The molecular formula is C17H18ClN3O. The molecule has 1 N–H and O–H groups in total. The van der Waals surface area contributed by atoms with Gasteiger partial charge in [-0.25, -0.2) is 0 Å². The Bertz CT molecular complexity index is 717. The summed E-state index contributed by atoms with van der Waals surface area (Å²) in [6.07, 6.45) is 0. The predicted octanol–water partition coefficient (Wildman–Crippen LogP) is 3.29. The molecule has 2 aromatic carbocycles. The smallest absolute Gasteiger partial charge is 0.260 e. The summed E-state index contributed by atoms with van der Waals surface area (Å²) in [5.41, 5.74) is 3.42. The van der Waals surface area contributed by atoms with Gasteiger partial charge in [0, 0.05) is 25.2 Å². The first-order valence-corrected chi connectivity index (χ1v) is 7.60. The molecule has 114 valence electrons. The first-order chi connectivity index (χ1) is 10.6. The van der Waals surface area contributed by atoms with E-state index in [-0.39, 0.29) is 5.91 Å². The molecule has 0 fully saturated rings. The third kappa shape index (κ3) is 2.45. The van der Waals surface area contributed by atoms with E-state index < -0.39 is 0 Å². The Morgan fingerprint density at radius 2 is 1.86 bits per heavy atom. The average molecular weight is 316 g/mol. The monoisotopic (exact) mass is 315 g/mol. The summed E-state index contributed by atoms with van der Waals surface area (Å²) < 4.78 is 0. The van der Waals surface area contributed by atoms with E-state index in [0.717, 1.165) is 17.1 Å². The molecule has 0 bridgehead atoms. The lowest BCUT2D eigenvalue weighted by atomic mass is 10.1. The van der Waals surface area contributed by atoms with Gasteiger partial charge >= 0.3 is 0 Å². The fourth-order valence-corrected chi connectivity index (χ4v) is 2.94. The number of hydrogen-bond acceptors (Lipinski definition) is 3. The van der Waals surface area contributed by atoms with E-state index in [1.165, 1.54) is 0 Å². The maximum atomic E-state index is 13.0. The fraction of sp³-hybridized carbons (Fsp3) is 0.235. The van der Waals surface area contributed by atoms with E-state index in [0.29, 0.717) is 23.7 Å². The van der Waals surface area contributed by atoms with Gasteiger partial charge in [0.05, 0.1) is 22.6 Å². The minimum absolute atomic E-state index is 0.00119. The Morgan fingerprint density at radius 3 is 2.64 bits per heavy atom. The summed E-state index contributed by atoms with van der Waals surface area (Å²) in [5.74, 6) is -0.00119. The van der Waals surface area contributed by atoms with Crippen molar-refractivity contribution in [1.82, 2.24) is 5.32 Å². The number of likely N-dealkylation sites (N-methyl/N-ethyl adjacent to an activating group) is 1. The van der Waals surface area contributed by atoms with Gasteiger partial charge < -0.3 is 15.1 Å². The molecule has 1 heterocycles. The van der Waals surface area contributed by atoms with Gasteiger partial charge in [-0.05, 0) is 37.4 Å². The molecular weight excluding hydrogens is 298 g/mol. The van der Waals surface area contributed by atoms with E-state index in [2.05, 4.69) is 5.32 Å². The van der Waals surface area contributed by atoms with Crippen LogP contribution in [0.4, 0.5) is 17.1 Å². The number of para-hydroxylation sites is 1. The van der Waals surface area contributed by atoms with E-state index in [4.69, 9.17) is 11.6 Å². The molecule has 0 aliphatic carbocycles. The number of halogens is 1. The fourth-order valence-electron chi connectivity index (χ4n) is 2.77. The lowest BCUT2D eigenvalue weighted by Gasteiger charge is -2.24. The molecule has 0 radical (unpaired) electrons. The summed E-state index contributed by atoms with van der Waals surface area (Å²) in [6, 6.07) is 13.3. The second-order valence-corrected chi connectivity index (χ2v) is 5.71. The maximum Gasteiger partial charge on any atom is 0.260 e. The average Bonchev–Trinajstić information content (AvgIpc) is 2.61. The number of amides is 1. The van der Waals surface area contributed by atoms with E-state index >= 15 is 0 Å². The van der Waals surface area contributed by atoms with E-state index in [1.807, 2.05) is 61.5 Å². The summed E-state index contributed by atoms with van der Waals surface area (Å²) in [7, 11) is 3.85. The van der Waals surface area contributed by atoms with E-state index in [9.17, 15) is 4.79 Å². The van der Waals surface area contributed by atoms with Crippen LogP contribution in [-0.2, 0) is 0 Å². The second-order valence-electron chi connectivity index (χ2n) is 5.27. The third-order valence-electron chi connectivity index (χ3n) is 3.92. The summed E-state index contributed by atoms with van der Waals surface area (Å²) in [6.45, 7) is 1.30. The van der Waals surface area contributed by atoms with Crippen LogP contribution in [0, 0.1) is 0 Å². The van der Waals surface area contributed by atoms with Gasteiger partial charge in [0.25, 0.3) is 5.91 Å². The molecule has 0 atom stereocenters. The quantitative estimate of drug-likeness (QED) is 0.944. The molecule has 0 unspecified atom stereocenters. The molecule has 5 heteroatoms. The number of nitrogens with zero attached hydrogens (tertiary/aromatic N) is 2. The number of benzene rings is 2. The summed E-state index contributed by atoms with van der Waals surface area (Å²) in [4.78, 5) is 16.8. The van der Waals surface area contributed by atoms with Crippen molar-refractivity contribution in [1.29, 1.82) is 0 Å². The number of hydrogen-bond donors (Lipinski definition) is 1. The SMILES string of the molecule is CNCCN1C(=O)c2ccccc2N(C)c2ccc(Cl)cc21. The van der Waals surface area contributed by atoms with E-state index in [1.54, 1.807) is 4.90 Å². The second kappa shape index (κ2) is 5.99. The molecule has 2 aromatic rings. The molecule has 22 heavy (non-hydrogen) atoms. The number of fused-ring (bicyclic) bond motifs is 2. The number of nitrogens with one attached hydrogen (secondary N) is 1. The largest absolute Gasteiger partial charge is 0.342 e. The summed E-state index contributed by atoms with van der Waals surface area (Å²) in [5, 5.41) is 3.72. The van der Waals surface area contributed by atoms with Crippen molar-refractivity contribution in [3.05, 3.63) is 53.1 Å². The van der Waals surface area contributed by atoms with Crippen LogP contribution in [0.15, 0.2) is 42.5 Å². The van der Waals surface area contributed by atoms with Crippen LogP contribution in [0.5, 0.6) is 0 Å². The van der Waals surface area contributed by atoms with Crippen molar-refractivity contribution >= 4 is 34.6 Å². The molecule has 0 spiro atoms. The Morgan fingerprint density at radius 1 is 1.09 bits per heavy atom. The Labute approximate surface area is 135 Å². The van der Waals surface area contributed by atoms with Crippen molar-refractivity contribution in [2.24, 2.45) is 0 Å². The van der Waals surface area contributed by atoms with Crippen LogP contribution in [0.1, 0.15) is 10.4 Å². The topological polar surface area (TPSA) is 35.6 Å². The molecule has 0 saturated carbocycles. The van der Waals surface area contributed by atoms with Crippen molar-refractivity contribution < 1.29 is 4.79 Å². The van der Waals surface area contributed by atoms with Crippen molar-refractivity contribution in [2.75, 3.05) is 37.0 Å². The molecule has 4 nitrogen and oxygen atoms in total. The summed E-state index contributed by atoms with van der Waals surface area (Å²) >= 11 is 6.16. The lowest BCUT2D eigenvalue weighted by Crippen LogP contribution is -2.35. The van der Waals surface area contributed by atoms with Gasteiger partial charge in [0.2, 0.25) is 0 Å². The first-order valence-electron chi connectivity index (χ1n) is 7.22. The van der Waals surface area contributed by atoms with Crippen molar-refractivity contribution in [3.63, 3.8) is 0 Å². The minimum Gasteiger partial charge on any atom is -0.342 e. The van der Waals surface area contributed by atoms with Crippen LogP contribution in [0.2, 0.25) is 5.02 Å². The van der Waals surface area contributed by atoms with Crippen LogP contribution >= 0.6 is 11.6 Å². The first kappa shape index (κ1) is 14.9. The van der Waals surface area contributed by atoms with Crippen LogP contribution in [0.3, 0.4) is 0 Å². The van der Waals surface area contributed by atoms with Gasteiger partial charge in [0.15, 0.2) is 0 Å². The van der Waals surface area contributed by atoms with Gasteiger partial charge in [-0.2, -0.15) is 0 Å². The minimum atomic E-state index is -0.00119. The molecule has 1 amide bonds. The maximum absolute atomic E-state index is 13.0. The molecule has 0 saturated heterocycles. The van der Waals surface area contributed by atoms with Gasteiger partial charge in [-0.3, -0.25) is 4.79 Å². The van der Waals surface area contributed by atoms with Crippen molar-refractivity contribution in [2.45, 2.75) is 0 Å². The van der Waals surface area contributed by atoms with Gasteiger partial charge in [0.1, 0.15) is 0 Å². The van der Waals surface area contributed by atoms with Gasteiger partial charge in [-0.15, -0.1) is 0 Å². The van der Waals surface area contributed by atoms with Crippen LogP contribution in [-0.4, -0.2) is 33.1 Å². The lowest BCUT2D eigenvalue weighted by molar-refractivity contribution is 0.0988. The van der Waals surface area contributed by atoms with Crippen molar-refractivity contribution in [3.8, 4) is 0 Å². The number of rotatable bonds is 3. The highest BCUT2D eigenvalue weighted by Crippen LogP contribution is 2.40. The predicted molar refractivity (Wildman–Crippen MR) is 91.6 cm³/mol. The highest BCUT2D eigenvalue weighted by molar-refractivity contribution is 6.31. The zero-order chi connectivity index (χ0) is 15.7. The van der Waals surface area contributed by atoms with Gasteiger partial charge in [-0.1, -0.05) is 23.7 Å². The molecule has 0 aromatic heterocycles. The molecule has 3 rings (SSSR count). The van der Waals surface area contributed by atoms with Crippen LogP contribution < -0.4 is 15.1 Å². The standard InChI is InChI=1S/C17H18ClN3O/c1-19-9-10-21-16-11-12(18)7-8-15(16)20(2)14-6-4-3-5-13(14)17(21)22/h3-8,11,19H,9-10H2,1-2H3. The Hall–Kier alpha value is -2.04.